The molecule has 1 heterocycles. The summed E-state index contributed by atoms with van der Waals surface area (Å²) in [5, 5.41) is 6.31. The number of carbonyl (C=O) groups excluding carboxylic acids is 1. The molecule has 32 heavy (non-hydrogen) atoms. The van der Waals surface area contributed by atoms with Gasteiger partial charge in [-0.1, -0.05) is 28.9 Å². The second-order valence-corrected chi connectivity index (χ2v) is 6.59. The molecule has 0 radical (unpaired) electrons. The molecule has 166 valence electrons. The summed E-state index contributed by atoms with van der Waals surface area (Å²) in [7, 11) is 2.52. The van der Waals surface area contributed by atoms with Gasteiger partial charge >= 0.3 is 0 Å². The fourth-order valence-electron chi connectivity index (χ4n) is 2.62. The lowest BCUT2D eigenvalue weighted by Gasteiger charge is -2.14. The molecule has 3 rings (SSSR count). The van der Waals surface area contributed by atoms with Gasteiger partial charge in [0.05, 0.1) is 5.56 Å². The Bertz CT molecular complexity index is 1190. The first-order chi connectivity index (χ1) is 15.4. The highest BCUT2D eigenvalue weighted by Crippen LogP contribution is 2.34. The molecule has 8 nitrogen and oxygen atoms in total. The highest BCUT2D eigenvalue weighted by molar-refractivity contribution is 6.45. The Morgan fingerprint density at radius 2 is 1.69 bits per heavy atom. The molecule has 2 aromatic carbocycles. The van der Waals surface area contributed by atoms with E-state index in [2.05, 4.69) is 25.3 Å². The largest absolute Gasteiger partial charge is 0.436 e. The zero-order valence-electron chi connectivity index (χ0n) is 17.1. The van der Waals surface area contributed by atoms with Gasteiger partial charge in [-0.3, -0.25) is 4.79 Å². The highest BCUT2D eigenvalue weighted by atomic mass is 35.5. The zero-order valence-corrected chi connectivity index (χ0v) is 17.9. The van der Waals surface area contributed by atoms with Gasteiger partial charge < -0.3 is 19.6 Å². The van der Waals surface area contributed by atoms with Crippen LogP contribution >= 0.6 is 11.6 Å². The van der Waals surface area contributed by atoms with Crippen LogP contribution in [0.5, 0.6) is 23.3 Å². The van der Waals surface area contributed by atoms with Crippen molar-refractivity contribution in [3.8, 4) is 23.3 Å². The van der Waals surface area contributed by atoms with Crippen LogP contribution in [-0.4, -0.2) is 35.7 Å². The minimum atomic E-state index is -1.05. The van der Waals surface area contributed by atoms with E-state index in [1.165, 1.54) is 26.3 Å². The van der Waals surface area contributed by atoms with E-state index in [4.69, 9.17) is 21.1 Å². The molecule has 0 aliphatic heterocycles. The van der Waals surface area contributed by atoms with E-state index in [0.29, 0.717) is 10.6 Å². The van der Waals surface area contributed by atoms with Gasteiger partial charge in [0.1, 0.15) is 30.8 Å². The second kappa shape index (κ2) is 10.0. The SMILES string of the molecule is CNC(=O)/C(=N/OC)c1c(F)cccc1Oc1ncnc(Oc2cccc(Cl)c2C)c1F. The van der Waals surface area contributed by atoms with Crippen molar-refractivity contribution in [3.05, 3.63) is 70.5 Å². The third-order valence-corrected chi connectivity index (χ3v) is 4.60. The molecule has 0 atom stereocenters. The first-order valence-electron chi connectivity index (χ1n) is 9.10. The maximum atomic E-state index is 15.0. The standard InChI is InChI=1S/C21H17ClF2N4O4/c1-11-12(22)6-4-8-14(11)31-20-17(24)21(27-10-26-20)32-15-9-5-7-13(23)16(15)18(28-30-3)19(29)25-2/h4-10H,1-3H3,(H,25,29)/b28-18+. The van der Waals surface area contributed by atoms with E-state index in [-0.39, 0.29) is 17.1 Å². The number of oxime groups is 1. The van der Waals surface area contributed by atoms with Crippen LogP contribution in [0.1, 0.15) is 11.1 Å². The Balaban J connectivity index is 2.01. The Morgan fingerprint density at radius 3 is 2.34 bits per heavy atom. The molecule has 0 fully saturated rings. The number of rotatable bonds is 7. The number of aromatic nitrogens is 2. The van der Waals surface area contributed by atoms with Gasteiger partial charge in [0.25, 0.3) is 17.7 Å². The van der Waals surface area contributed by atoms with Crippen molar-refractivity contribution in [2.24, 2.45) is 5.16 Å². The van der Waals surface area contributed by atoms with Crippen LogP contribution in [0.4, 0.5) is 8.78 Å². The summed E-state index contributed by atoms with van der Waals surface area (Å²) in [4.78, 5) is 24.3. The molecule has 0 unspecified atom stereocenters. The normalized spacial score (nSPS) is 11.1. The number of likely N-dealkylation sites (N-methyl/N-ethyl adjacent to an activating group) is 1. The summed E-state index contributed by atoms with van der Waals surface area (Å²) in [5.74, 6) is -3.58. The summed E-state index contributed by atoms with van der Waals surface area (Å²) >= 11 is 6.06. The molecule has 0 saturated heterocycles. The number of benzene rings is 2. The van der Waals surface area contributed by atoms with Crippen LogP contribution < -0.4 is 14.8 Å². The smallest absolute Gasteiger partial charge is 0.273 e. The molecule has 0 aliphatic rings. The lowest BCUT2D eigenvalue weighted by molar-refractivity contribution is -0.114. The van der Waals surface area contributed by atoms with Crippen molar-refractivity contribution in [1.82, 2.24) is 15.3 Å². The van der Waals surface area contributed by atoms with E-state index in [1.807, 2.05) is 0 Å². The molecule has 0 spiro atoms. The van der Waals surface area contributed by atoms with Gasteiger partial charge in [-0.15, -0.1) is 0 Å². The topological polar surface area (TPSA) is 94.9 Å². The molecule has 1 N–H and O–H groups in total. The van der Waals surface area contributed by atoms with Crippen LogP contribution in [0.15, 0.2) is 47.9 Å². The summed E-state index contributed by atoms with van der Waals surface area (Å²) in [5.41, 5.74) is -0.184. The Morgan fingerprint density at radius 1 is 1.06 bits per heavy atom. The van der Waals surface area contributed by atoms with Crippen molar-refractivity contribution in [2.75, 3.05) is 14.2 Å². The van der Waals surface area contributed by atoms with E-state index in [9.17, 15) is 9.18 Å². The number of nitrogens with zero attached hydrogens (tertiary/aromatic N) is 3. The lowest BCUT2D eigenvalue weighted by Crippen LogP contribution is -2.29. The number of halogens is 3. The number of nitrogens with one attached hydrogen (secondary N) is 1. The van der Waals surface area contributed by atoms with E-state index in [0.717, 1.165) is 12.4 Å². The van der Waals surface area contributed by atoms with E-state index >= 15 is 4.39 Å². The van der Waals surface area contributed by atoms with Gasteiger partial charge in [-0.05, 0) is 31.2 Å². The van der Waals surface area contributed by atoms with Crippen molar-refractivity contribution in [2.45, 2.75) is 6.92 Å². The van der Waals surface area contributed by atoms with Crippen molar-refractivity contribution >= 4 is 23.2 Å². The van der Waals surface area contributed by atoms with Crippen LogP contribution in [0.2, 0.25) is 5.02 Å². The molecule has 0 aliphatic carbocycles. The Labute approximate surface area is 186 Å². The minimum Gasteiger partial charge on any atom is -0.436 e. The monoisotopic (exact) mass is 462 g/mol. The quantitative estimate of drug-likeness (QED) is 0.413. The average Bonchev–Trinajstić information content (AvgIpc) is 2.78. The van der Waals surface area contributed by atoms with E-state index < -0.39 is 35.0 Å². The number of ether oxygens (including phenoxy) is 2. The van der Waals surface area contributed by atoms with Gasteiger partial charge in [-0.25, -0.2) is 4.39 Å². The van der Waals surface area contributed by atoms with Gasteiger partial charge in [0.15, 0.2) is 5.71 Å². The van der Waals surface area contributed by atoms with Crippen molar-refractivity contribution in [3.63, 3.8) is 0 Å². The van der Waals surface area contributed by atoms with Gasteiger partial charge in [0, 0.05) is 17.6 Å². The molecule has 3 aromatic rings. The summed E-state index contributed by atoms with van der Waals surface area (Å²) < 4.78 is 40.7. The van der Waals surface area contributed by atoms with Crippen molar-refractivity contribution in [1.29, 1.82) is 0 Å². The molecule has 0 bridgehead atoms. The highest BCUT2D eigenvalue weighted by Gasteiger charge is 2.25. The van der Waals surface area contributed by atoms with Crippen LogP contribution in [-0.2, 0) is 9.63 Å². The number of hydrogen-bond donors (Lipinski definition) is 1. The Hall–Kier alpha value is -3.79. The maximum Gasteiger partial charge on any atom is 0.273 e. The van der Waals surface area contributed by atoms with Crippen molar-refractivity contribution < 1.29 is 27.9 Å². The summed E-state index contributed by atoms with van der Waals surface area (Å²) in [6, 6.07) is 8.60. The third-order valence-electron chi connectivity index (χ3n) is 4.19. The molecule has 0 saturated carbocycles. The summed E-state index contributed by atoms with van der Waals surface area (Å²) in [6.45, 7) is 1.70. The number of amides is 1. The van der Waals surface area contributed by atoms with Gasteiger partial charge in [-0.2, -0.15) is 14.4 Å². The van der Waals surface area contributed by atoms with Crippen LogP contribution in [0.25, 0.3) is 0 Å². The molecule has 1 aromatic heterocycles. The fraction of sp³-hybridized carbons (Fsp3) is 0.143. The fourth-order valence-corrected chi connectivity index (χ4v) is 2.78. The average molecular weight is 463 g/mol. The molecule has 11 heteroatoms. The first-order valence-corrected chi connectivity index (χ1v) is 9.48. The maximum absolute atomic E-state index is 15.0. The second-order valence-electron chi connectivity index (χ2n) is 6.18. The first kappa shape index (κ1) is 22.9. The summed E-state index contributed by atoms with van der Waals surface area (Å²) in [6.07, 6.45) is 1.01. The minimum absolute atomic E-state index is 0.230. The third kappa shape index (κ3) is 4.75. The van der Waals surface area contributed by atoms with E-state index in [1.54, 1.807) is 25.1 Å². The predicted octanol–water partition coefficient (Wildman–Crippen LogP) is 4.40. The van der Waals surface area contributed by atoms with Crippen LogP contribution in [0.3, 0.4) is 0 Å². The zero-order chi connectivity index (χ0) is 23.3. The predicted molar refractivity (Wildman–Crippen MR) is 112 cm³/mol. The van der Waals surface area contributed by atoms with Gasteiger partial charge in [0.2, 0.25) is 5.82 Å². The number of carbonyl (C=O) groups is 1. The lowest BCUT2D eigenvalue weighted by atomic mass is 10.1. The molecular weight excluding hydrogens is 446 g/mol. The van der Waals surface area contributed by atoms with Crippen LogP contribution in [0, 0.1) is 18.6 Å². The number of hydrogen-bond acceptors (Lipinski definition) is 7. The molecule has 1 amide bonds. The Kier molecular flexibility index (Phi) is 7.16. The molecular formula is C21H17ClF2N4O4.